The minimum atomic E-state index is -1.23. The van der Waals surface area contributed by atoms with Gasteiger partial charge in [-0.3, -0.25) is 0 Å². The second kappa shape index (κ2) is 6.77. The molecule has 1 aromatic rings. The van der Waals surface area contributed by atoms with Crippen molar-refractivity contribution in [3.63, 3.8) is 0 Å². The molecule has 5 heteroatoms. The molecule has 2 rings (SSSR count). The maximum atomic E-state index is 10.8. The van der Waals surface area contributed by atoms with Gasteiger partial charge in [-0.05, 0) is 56.1 Å². The largest absolute Gasteiger partial charge is 1.00 e. The van der Waals surface area contributed by atoms with Gasteiger partial charge in [-0.2, -0.15) is 5.26 Å². The molecule has 0 spiro atoms. The van der Waals surface area contributed by atoms with Gasteiger partial charge in [0.05, 0.1) is 17.6 Å². The number of nitrogens with zero attached hydrogens (tertiary/aromatic N) is 2. The molecule has 1 aliphatic heterocycles. The summed E-state index contributed by atoms with van der Waals surface area (Å²) >= 11 is 0. The quantitative estimate of drug-likeness (QED) is 0.555. The summed E-state index contributed by atoms with van der Waals surface area (Å²) in [4.78, 5) is 13.0. The number of hydrogen-bond acceptors (Lipinski definition) is 4. The minimum absolute atomic E-state index is 0. The van der Waals surface area contributed by atoms with E-state index in [0.29, 0.717) is 11.5 Å². The fourth-order valence-electron chi connectivity index (χ4n) is 2.46. The summed E-state index contributed by atoms with van der Waals surface area (Å²) in [7, 11) is 2.08. The van der Waals surface area contributed by atoms with E-state index in [2.05, 4.69) is 18.0 Å². The number of nitriles is 1. The zero-order chi connectivity index (χ0) is 13.1. The molecule has 1 aliphatic rings. The summed E-state index contributed by atoms with van der Waals surface area (Å²) in [5, 5.41) is 19.9. The van der Waals surface area contributed by atoms with Crippen LogP contribution in [0.2, 0.25) is 0 Å². The first-order chi connectivity index (χ1) is 8.61. The standard InChI is InChI=1S/C14H16N2O2.Li/c1-16-6-4-10(5-7-16)13-3-2-11(14(17)18)8-12(13)9-15;/h2-3,8,10H,4-7H2,1H3,(H,17,18);/q;+1/p-1. The molecule has 0 bridgehead atoms. The number of hydrogen-bond donors (Lipinski definition) is 0. The van der Waals surface area contributed by atoms with Gasteiger partial charge in [0.25, 0.3) is 0 Å². The Labute approximate surface area is 125 Å². The van der Waals surface area contributed by atoms with E-state index in [1.54, 1.807) is 6.07 Å². The van der Waals surface area contributed by atoms with Crippen LogP contribution in [0.5, 0.6) is 0 Å². The fraction of sp³-hybridized carbons (Fsp3) is 0.429. The van der Waals surface area contributed by atoms with Crippen LogP contribution >= 0.6 is 0 Å². The summed E-state index contributed by atoms with van der Waals surface area (Å²) < 4.78 is 0. The number of likely N-dealkylation sites (tertiary alicyclic amines) is 1. The van der Waals surface area contributed by atoms with Gasteiger partial charge < -0.3 is 14.8 Å². The van der Waals surface area contributed by atoms with Crippen molar-refractivity contribution in [3.05, 3.63) is 34.9 Å². The zero-order valence-corrected chi connectivity index (χ0v) is 11.3. The van der Waals surface area contributed by atoms with Crippen molar-refractivity contribution in [2.45, 2.75) is 18.8 Å². The summed E-state index contributed by atoms with van der Waals surface area (Å²) in [6.45, 7) is 2.02. The van der Waals surface area contributed by atoms with E-state index in [9.17, 15) is 9.90 Å². The van der Waals surface area contributed by atoms with Crippen molar-refractivity contribution in [1.29, 1.82) is 5.26 Å². The molecule has 0 radical (unpaired) electrons. The van der Waals surface area contributed by atoms with Crippen LogP contribution in [0.15, 0.2) is 18.2 Å². The van der Waals surface area contributed by atoms with Crippen molar-refractivity contribution in [3.8, 4) is 6.07 Å². The van der Waals surface area contributed by atoms with E-state index < -0.39 is 5.97 Å². The van der Waals surface area contributed by atoms with Crippen LogP contribution in [0.1, 0.15) is 40.2 Å². The number of carbonyl (C=O) groups is 1. The van der Waals surface area contributed by atoms with E-state index in [1.165, 1.54) is 12.1 Å². The minimum Gasteiger partial charge on any atom is -0.545 e. The Kier molecular flexibility index (Phi) is 5.63. The van der Waals surface area contributed by atoms with Gasteiger partial charge in [0.2, 0.25) is 0 Å². The first kappa shape index (κ1) is 15.8. The van der Waals surface area contributed by atoms with Crippen LogP contribution in [0.3, 0.4) is 0 Å². The molecule has 1 heterocycles. The Morgan fingerprint density at radius 1 is 1.42 bits per heavy atom. The van der Waals surface area contributed by atoms with Crippen LogP contribution in [-0.2, 0) is 0 Å². The molecule has 0 unspecified atom stereocenters. The Morgan fingerprint density at radius 3 is 2.58 bits per heavy atom. The molecule has 0 aliphatic carbocycles. The number of carbonyl (C=O) groups excluding carboxylic acids is 1. The summed E-state index contributed by atoms with van der Waals surface area (Å²) in [5.41, 5.74) is 1.50. The molecular formula is C14H15LiN2O2. The van der Waals surface area contributed by atoms with Gasteiger partial charge in [-0.1, -0.05) is 12.1 Å². The predicted molar refractivity (Wildman–Crippen MR) is 65.0 cm³/mol. The topological polar surface area (TPSA) is 67.2 Å². The summed E-state index contributed by atoms with van der Waals surface area (Å²) in [5.74, 6) is -0.881. The number of carboxylic acids is 1. The average molecular weight is 250 g/mol. The molecule has 94 valence electrons. The number of rotatable bonds is 2. The monoisotopic (exact) mass is 250 g/mol. The number of aromatic carboxylic acids is 1. The number of carboxylic acid groups (broad SMARTS) is 1. The van der Waals surface area contributed by atoms with Gasteiger partial charge in [0, 0.05) is 0 Å². The summed E-state index contributed by atoms with van der Waals surface area (Å²) in [6, 6.07) is 6.81. The van der Waals surface area contributed by atoms with Crippen LogP contribution in [0, 0.1) is 11.3 Å². The summed E-state index contributed by atoms with van der Waals surface area (Å²) in [6.07, 6.45) is 2.02. The van der Waals surface area contributed by atoms with E-state index in [-0.39, 0.29) is 24.4 Å². The van der Waals surface area contributed by atoms with Crippen molar-refractivity contribution >= 4 is 5.97 Å². The fourth-order valence-corrected chi connectivity index (χ4v) is 2.46. The van der Waals surface area contributed by atoms with E-state index in [1.807, 2.05) is 0 Å². The van der Waals surface area contributed by atoms with Gasteiger partial charge in [-0.25, -0.2) is 0 Å². The Morgan fingerprint density at radius 2 is 2.05 bits per heavy atom. The zero-order valence-electron chi connectivity index (χ0n) is 11.3. The Balaban J connectivity index is 0.00000180. The van der Waals surface area contributed by atoms with Gasteiger partial charge in [-0.15, -0.1) is 0 Å². The third-order valence-electron chi connectivity index (χ3n) is 3.57. The van der Waals surface area contributed by atoms with Crippen LogP contribution in [-0.4, -0.2) is 31.0 Å². The van der Waals surface area contributed by atoms with Crippen molar-refractivity contribution in [2.75, 3.05) is 20.1 Å². The Bertz CT molecular complexity index is 503. The molecule has 19 heavy (non-hydrogen) atoms. The first-order valence-corrected chi connectivity index (χ1v) is 6.05. The van der Waals surface area contributed by atoms with Crippen LogP contribution in [0.25, 0.3) is 0 Å². The molecule has 0 amide bonds. The smallest absolute Gasteiger partial charge is 0.545 e. The second-order valence-corrected chi connectivity index (χ2v) is 4.78. The Hall–Kier alpha value is -1.26. The molecule has 1 saturated heterocycles. The number of piperidine rings is 1. The predicted octanol–water partition coefficient (Wildman–Crippen LogP) is -2.27. The molecule has 1 aromatic carbocycles. The average Bonchev–Trinajstić information content (AvgIpc) is 2.39. The van der Waals surface area contributed by atoms with E-state index in [0.717, 1.165) is 31.5 Å². The molecule has 0 atom stereocenters. The van der Waals surface area contributed by atoms with Gasteiger partial charge in [0.15, 0.2) is 0 Å². The van der Waals surface area contributed by atoms with Crippen molar-refractivity contribution in [2.24, 2.45) is 0 Å². The normalized spacial score (nSPS) is 16.4. The van der Waals surface area contributed by atoms with Gasteiger partial charge in [0.1, 0.15) is 0 Å². The van der Waals surface area contributed by atoms with Crippen LogP contribution in [0.4, 0.5) is 0 Å². The number of benzene rings is 1. The molecule has 1 fully saturated rings. The maximum absolute atomic E-state index is 10.8. The molecular weight excluding hydrogens is 235 g/mol. The van der Waals surface area contributed by atoms with Crippen LogP contribution < -0.4 is 24.0 Å². The second-order valence-electron chi connectivity index (χ2n) is 4.78. The molecule has 0 saturated carbocycles. The maximum Gasteiger partial charge on any atom is 1.00 e. The first-order valence-electron chi connectivity index (χ1n) is 6.05. The SMILES string of the molecule is CN1CCC(c2ccc(C(=O)[O-])cc2C#N)CC1.[Li+]. The molecule has 0 N–H and O–H groups in total. The van der Waals surface area contributed by atoms with E-state index >= 15 is 0 Å². The third-order valence-corrected chi connectivity index (χ3v) is 3.57. The van der Waals surface area contributed by atoms with E-state index in [4.69, 9.17) is 5.26 Å². The molecule has 4 nitrogen and oxygen atoms in total. The third kappa shape index (κ3) is 3.61. The van der Waals surface area contributed by atoms with Gasteiger partial charge >= 0.3 is 18.9 Å². The van der Waals surface area contributed by atoms with Crippen molar-refractivity contribution in [1.82, 2.24) is 4.90 Å². The molecule has 0 aromatic heterocycles. The van der Waals surface area contributed by atoms with Crippen molar-refractivity contribution < 1.29 is 28.8 Å².